The molecule has 0 bridgehead atoms. The van der Waals surface area contributed by atoms with Crippen molar-refractivity contribution in [2.45, 2.75) is 50.6 Å². The standard InChI is InChI=1S/C15H26N2O3S/c1-5-7-13(6-2)17-21(18,19)14-8-9-15(20-4)12(10-14)11-16-3/h8-10,13,16-17H,5-7,11H2,1-4H3. The maximum absolute atomic E-state index is 12.5. The van der Waals surface area contributed by atoms with Crippen LogP contribution in [-0.2, 0) is 16.6 Å². The molecule has 0 saturated carbocycles. The van der Waals surface area contributed by atoms with Crippen LogP contribution in [0.5, 0.6) is 5.75 Å². The summed E-state index contributed by atoms with van der Waals surface area (Å²) >= 11 is 0. The van der Waals surface area contributed by atoms with E-state index >= 15 is 0 Å². The molecule has 5 nitrogen and oxygen atoms in total. The number of benzene rings is 1. The highest BCUT2D eigenvalue weighted by atomic mass is 32.2. The third-order valence-electron chi connectivity index (χ3n) is 3.38. The molecule has 120 valence electrons. The van der Waals surface area contributed by atoms with E-state index in [4.69, 9.17) is 4.74 Å². The van der Waals surface area contributed by atoms with E-state index in [-0.39, 0.29) is 10.9 Å². The largest absolute Gasteiger partial charge is 0.496 e. The Bertz CT molecular complexity index is 544. The predicted octanol–water partition coefficient (Wildman–Crippen LogP) is 2.27. The van der Waals surface area contributed by atoms with Gasteiger partial charge in [0.15, 0.2) is 0 Å². The molecule has 21 heavy (non-hydrogen) atoms. The zero-order valence-corrected chi connectivity index (χ0v) is 14.1. The predicted molar refractivity (Wildman–Crippen MR) is 85.1 cm³/mol. The summed E-state index contributed by atoms with van der Waals surface area (Å²) in [7, 11) is -0.102. The second kappa shape index (κ2) is 8.36. The fourth-order valence-electron chi connectivity index (χ4n) is 2.23. The number of sulfonamides is 1. The Morgan fingerprint density at radius 2 is 2.00 bits per heavy atom. The molecule has 0 radical (unpaired) electrons. The molecule has 1 unspecified atom stereocenters. The quantitative estimate of drug-likeness (QED) is 0.734. The van der Waals surface area contributed by atoms with Crippen molar-refractivity contribution < 1.29 is 13.2 Å². The van der Waals surface area contributed by atoms with Crippen LogP contribution in [0.25, 0.3) is 0 Å². The van der Waals surface area contributed by atoms with Crippen molar-refractivity contribution in [2.75, 3.05) is 14.2 Å². The summed E-state index contributed by atoms with van der Waals surface area (Å²) in [5.74, 6) is 0.684. The molecular weight excluding hydrogens is 288 g/mol. The minimum absolute atomic E-state index is 0.0187. The van der Waals surface area contributed by atoms with E-state index < -0.39 is 10.0 Å². The van der Waals surface area contributed by atoms with Gasteiger partial charge in [0.1, 0.15) is 5.75 Å². The molecule has 1 aromatic carbocycles. The molecule has 1 rings (SSSR count). The molecule has 0 amide bonds. The van der Waals surface area contributed by atoms with Crippen molar-refractivity contribution >= 4 is 10.0 Å². The highest BCUT2D eigenvalue weighted by Crippen LogP contribution is 2.22. The van der Waals surface area contributed by atoms with E-state index in [1.807, 2.05) is 14.0 Å². The lowest BCUT2D eigenvalue weighted by Gasteiger charge is -2.17. The van der Waals surface area contributed by atoms with Crippen LogP contribution >= 0.6 is 0 Å². The average molecular weight is 314 g/mol. The summed E-state index contributed by atoms with van der Waals surface area (Å²) in [5, 5.41) is 3.01. The van der Waals surface area contributed by atoms with Crippen LogP contribution in [0.3, 0.4) is 0 Å². The van der Waals surface area contributed by atoms with Gasteiger partial charge in [0.2, 0.25) is 10.0 Å². The average Bonchev–Trinajstić information content (AvgIpc) is 2.46. The fraction of sp³-hybridized carbons (Fsp3) is 0.600. The van der Waals surface area contributed by atoms with Crippen LogP contribution in [0.4, 0.5) is 0 Å². The fourth-order valence-corrected chi connectivity index (χ4v) is 3.64. The molecule has 0 saturated heterocycles. The van der Waals surface area contributed by atoms with E-state index in [0.29, 0.717) is 12.3 Å². The molecule has 0 aromatic heterocycles. The first-order valence-corrected chi connectivity index (χ1v) is 8.80. The SMILES string of the molecule is CCCC(CC)NS(=O)(=O)c1ccc(OC)c(CNC)c1. The van der Waals surface area contributed by atoms with Gasteiger partial charge in [-0.25, -0.2) is 13.1 Å². The molecule has 0 heterocycles. The minimum atomic E-state index is -3.49. The van der Waals surface area contributed by atoms with Gasteiger partial charge in [-0.1, -0.05) is 20.3 Å². The van der Waals surface area contributed by atoms with Crippen molar-refractivity contribution in [1.29, 1.82) is 0 Å². The second-order valence-corrected chi connectivity index (χ2v) is 6.73. The summed E-state index contributed by atoms with van der Waals surface area (Å²) in [5.41, 5.74) is 0.825. The van der Waals surface area contributed by atoms with Crippen molar-refractivity contribution in [3.05, 3.63) is 23.8 Å². The van der Waals surface area contributed by atoms with Gasteiger partial charge in [-0.3, -0.25) is 0 Å². The van der Waals surface area contributed by atoms with E-state index in [0.717, 1.165) is 24.8 Å². The first-order chi connectivity index (χ1) is 9.98. The summed E-state index contributed by atoms with van der Waals surface area (Å²) < 4.78 is 32.9. The number of hydrogen-bond donors (Lipinski definition) is 2. The minimum Gasteiger partial charge on any atom is -0.496 e. The normalized spacial score (nSPS) is 13.1. The van der Waals surface area contributed by atoms with Gasteiger partial charge in [0, 0.05) is 18.2 Å². The summed E-state index contributed by atoms with van der Waals surface area (Å²) in [6, 6.07) is 4.92. The number of methoxy groups -OCH3 is 1. The Kier molecular flexibility index (Phi) is 7.14. The molecule has 0 spiro atoms. The molecule has 0 aliphatic carbocycles. The highest BCUT2D eigenvalue weighted by molar-refractivity contribution is 7.89. The Morgan fingerprint density at radius 3 is 2.52 bits per heavy atom. The second-order valence-electron chi connectivity index (χ2n) is 5.02. The van der Waals surface area contributed by atoms with Crippen LogP contribution in [0.15, 0.2) is 23.1 Å². The lowest BCUT2D eigenvalue weighted by atomic mass is 10.1. The van der Waals surface area contributed by atoms with Gasteiger partial charge in [-0.15, -0.1) is 0 Å². The summed E-state index contributed by atoms with van der Waals surface area (Å²) in [6.07, 6.45) is 2.58. The van der Waals surface area contributed by atoms with E-state index in [9.17, 15) is 8.42 Å². The topological polar surface area (TPSA) is 67.4 Å². The molecule has 0 aliphatic rings. The molecule has 2 N–H and O–H groups in total. The van der Waals surface area contributed by atoms with Crippen molar-refractivity contribution in [2.24, 2.45) is 0 Å². The molecule has 6 heteroatoms. The first kappa shape index (κ1) is 17.9. The van der Waals surface area contributed by atoms with Gasteiger partial charge in [0.05, 0.1) is 12.0 Å². The zero-order chi connectivity index (χ0) is 15.9. The molecular formula is C15H26N2O3S. The molecule has 1 atom stereocenters. The van der Waals surface area contributed by atoms with Gasteiger partial charge >= 0.3 is 0 Å². The third-order valence-corrected chi connectivity index (χ3v) is 4.90. The Morgan fingerprint density at radius 1 is 1.29 bits per heavy atom. The Labute approximate surface area is 128 Å². The van der Waals surface area contributed by atoms with Gasteiger partial charge in [-0.05, 0) is 38.1 Å². The number of nitrogens with one attached hydrogen (secondary N) is 2. The van der Waals surface area contributed by atoms with Gasteiger partial charge in [0.25, 0.3) is 0 Å². The monoisotopic (exact) mass is 314 g/mol. The Hall–Kier alpha value is -1.11. The highest BCUT2D eigenvalue weighted by Gasteiger charge is 2.19. The van der Waals surface area contributed by atoms with Gasteiger partial charge in [-0.2, -0.15) is 0 Å². The molecule has 1 aromatic rings. The maximum Gasteiger partial charge on any atom is 0.240 e. The van der Waals surface area contributed by atoms with E-state index in [2.05, 4.69) is 17.0 Å². The summed E-state index contributed by atoms with van der Waals surface area (Å²) in [4.78, 5) is 0.281. The number of rotatable bonds is 9. The first-order valence-electron chi connectivity index (χ1n) is 7.32. The number of hydrogen-bond acceptors (Lipinski definition) is 4. The van der Waals surface area contributed by atoms with Crippen molar-refractivity contribution in [3.63, 3.8) is 0 Å². The smallest absolute Gasteiger partial charge is 0.240 e. The van der Waals surface area contributed by atoms with E-state index in [1.165, 1.54) is 0 Å². The van der Waals surface area contributed by atoms with Crippen molar-refractivity contribution in [1.82, 2.24) is 10.0 Å². The van der Waals surface area contributed by atoms with Crippen LogP contribution in [-0.4, -0.2) is 28.6 Å². The molecule has 0 aliphatic heterocycles. The Balaban J connectivity index is 3.04. The number of ether oxygens (including phenoxy) is 1. The molecule has 0 fully saturated rings. The van der Waals surface area contributed by atoms with Crippen LogP contribution in [0.1, 0.15) is 38.7 Å². The van der Waals surface area contributed by atoms with Crippen LogP contribution in [0, 0.1) is 0 Å². The maximum atomic E-state index is 12.5. The lowest BCUT2D eigenvalue weighted by molar-refractivity contribution is 0.408. The van der Waals surface area contributed by atoms with E-state index in [1.54, 1.807) is 25.3 Å². The zero-order valence-electron chi connectivity index (χ0n) is 13.3. The van der Waals surface area contributed by atoms with Crippen LogP contribution < -0.4 is 14.8 Å². The van der Waals surface area contributed by atoms with Crippen molar-refractivity contribution in [3.8, 4) is 5.75 Å². The van der Waals surface area contributed by atoms with Crippen LogP contribution in [0.2, 0.25) is 0 Å². The third kappa shape index (κ3) is 4.98. The van der Waals surface area contributed by atoms with Gasteiger partial charge < -0.3 is 10.1 Å². The lowest BCUT2D eigenvalue weighted by Crippen LogP contribution is -2.34. The summed E-state index contributed by atoms with van der Waals surface area (Å²) in [6.45, 7) is 4.59.